The number of unbranched alkanes of at least 4 members (excludes halogenated alkanes) is 2. The van der Waals surface area contributed by atoms with Crippen LogP contribution in [0.1, 0.15) is 39.0 Å². The fourth-order valence-electron chi connectivity index (χ4n) is 1.15. The van der Waals surface area contributed by atoms with Gasteiger partial charge >= 0.3 is 0 Å². The smallest absolute Gasteiger partial charge is 0.0441 e. The number of rotatable bonds is 7. The lowest BCUT2D eigenvalue weighted by Gasteiger charge is -2.11. The van der Waals surface area contributed by atoms with Gasteiger partial charge in [-0.2, -0.15) is 11.8 Å². The molecule has 1 N–H and O–H groups in total. The van der Waals surface area contributed by atoms with Gasteiger partial charge in [0, 0.05) is 11.9 Å². The minimum atomic E-state index is 0.345. The molecular formula is C9H20OS. The molecule has 68 valence electrons. The molecule has 0 rings (SSSR count). The van der Waals surface area contributed by atoms with Gasteiger partial charge in [-0.1, -0.05) is 26.2 Å². The fraction of sp³-hybridized carbons (Fsp3) is 1.00. The van der Waals surface area contributed by atoms with E-state index in [1.807, 2.05) is 11.8 Å². The molecule has 0 heterocycles. The zero-order chi connectivity index (χ0) is 8.53. The van der Waals surface area contributed by atoms with Crippen molar-refractivity contribution < 1.29 is 5.11 Å². The van der Waals surface area contributed by atoms with Crippen LogP contribution in [0.4, 0.5) is 0 Å². The summed E-state index contributed by atoms with van der Waals surface area (Å²) >= 11 is 1.88. The first kappa shape index (κ1) is 11.3. The van der Waals surface area contributed by atoms with Crippen molar-refractivity contribution in [2.24, 2.45) is 0 Å². The van der Waals surface area contributed by atoms with Crippen LogP contribution in [0.5, 0.6) is 0 Å². The third kappa shape index (κ3) is 6.70. The van der Waals surface area contributed by atoms with E-state index in [0.29, 0.717) is 11.9 Å². The van der Waals surface area contributed by atoms with E-state index >= 15 is 0 Å². The van der Waals surface area contributed by atoms with Gasteiger partial charge in [0.1, 0.15) is 0 Å². The molecule has 0 aromatic rings. The van der Waals surface area contributed by atoms with Crippen LogP contribution in [0.2, 0.25) is 0 Å². The van der Waals surface area contributed by atoms with E-state index in [0.717, 1.165) is 6.42 Å². The SMILES string of the molecule is CCCCCC(CCO)SC. The molecule has 0 bridgehead atoms. The molecule has 0 aliphatic rings. The zero-order valence-electron chi connectivity index (χ0n) is 7.68. The molecule has 1 atom stereocenters. The van der Waals surface area contributed by atoms with Gasteiger partial charge in [-0.3, -0.25) is 0 Å². The molecule has 0 spiro atoms. The first-order chi connectivity index (χ1) is 5.35. The van der Waals surface area contributed by atoms with Crippen LogP contribution in [-0.4, -0.2) is 23.2 Å². The van der Waals surface area contributed by atoms with E-state index in [1.165, 1.54) is 25.7 Å². The van der Waals surface area contributed by atoms with Gasteiger partial charge in [-0.15, -0.1) is 0 Å². The molecule has 0 saturated heterocycles. The van der Waals surface area contributed by atoms with E-state index < -0.39 is 0 Å². The molecule has 0 aliphatic heterocycles. The normalized spacial score (nSPS) is 13.4. The number of aliphatic hydroxyl groups is 1. The molecule has 0 aromatic heterocycles. The van der Waals surface area contributed by atoms with Crippen LogP contribution < -0.4 is 0 Å². The van der Waals surface area contributed by atoms with Crippen molar-refractivity contribution in [3.05, 3.63) is 0 Å². The van der Waals surface area contributed by atoms with Crippen LogP contribution in [0.15, 0.2) is 0 Å². The molecule has 0 fully saturated rings. The first-order valence-corrected chi connectivity index (χ1v) is 5.77. The summed E-state index contributed by atoms with van der Waals surface area (Å²) in [6, 6.07) is 0. The Morgan fingerprint density at radius 1 is 1.27 bits per heavy atom. The van der Waals surface area contributed by atoms with Crippen molar-refractivity contribution in [3.63, 3.8) is 0 Å². The standard InChI is InChI=1S/C9H20OS/c1-3-4-5-6-9(11-2)7-8-10/h9-10H,3-8H2,1-2H3. The van der Waals surface area contributed by atoms with Crippen molar-refractivity contribution in [2.45, 2.75) is 44.3 Å². The highest BCUT2D eigenvalue weighted by Gasteiger charge is 2.04. The summed E-state index contributed by atoms with van der Waals surface area (Å²) < 4.78 is 0. The molecule has 1 unspecified atom stereocenters. The second kappa shape index (κ2) is 8.41. The van der Waals surface area contributed by atoms with Gasteiger partial charge in [0.05, 0.1) is 0 Å². The largest absolute Gasteiger partial charge is 0.396 e. The second-order valence-corrected chi connectivity index (χ2v) is 4.00. The van der Waals surface area contributed by atoms with E-state index in [1.54, 1.807) is 0 Å². The number of hydrogen-bond acceptors (Lipinski definition) is 2. The molecule has 2 heteroatoms. The first-order valence-electron chi connectivity index (χ1n) is 4.48. The molecule has 0 saturated carbocycles. The minimum absolute atomic E-state index is 0.345. The van der Waals surface area contributed by atoms with Crippen LogP contribution in [0, 0.1) is 0 Å². The van der Waals surface area contributed by atoms with E-state index in [9.17, 15) is 0 Å². The Morgan fingerprint density at radius 3 is 2.45 bits per heavy atom. The maximum absolute atomic E-state index is 8.71. The van der Waals surface area contributed by atoms with Crippen LogP contribution >= 0.6 is 11.8 Å². The van der Waals surface area contributed by atoms with Crippen molar-refractivity contribution in [1.29, 1.82) is 0 Å². The predicted molar refractivity (Wildman–Crippen MR) is 53.1 cm³/mol. The lowest BCUT2D eigenvalue weighted by molar-refractivity contribution is 0.284. The Labute approximate surface area is 74.6 Å². The third-order valence-corrected chi connectivity index (χ3v) is 3.05. The van der Waals surface area contributed by atoms with Gasteiger partial charge in [-0.05, 0) is 19.1 Å². The van der Waals surface area contributed by atoms with Gasteiger partial charge < -0.3 is 5.11 Å². The predicted octanol–water partition coefficient (Wildman–Crippen LogP) is 2.68. The maximum Gasteiger partial charge on any atom is 0.0441 e. The lowest BCUT2D eigenvalue weighted by Crippen LogP contribution is -2.04. The molecule has 0 radical (unpaired) electrons. The van der Waals surface area contributed by atoms with Crippen LogP contribution in [0.3, 0.4) is 0 Å². The zero-order valence-corrected chi connectivity index (χ0v) is 8.49. The summed E-state index contributed by atoms with van der Waals surface area (Å²) in [5.41, 5.74) is 0. The highest BCUT2D eigenvalue weighted by molar-refractivity contribution is 7.99. The average molecular weight is 176 g/mol. The Morgan fingerprint density at radius 2 is 2.00 bits per heavy atom. The minimum Gasteiger partial charge on any atom is -0.396 e. The number of aliphatic hydroxyl groups excluding tert-OH is 1. The molecule has 11 heavy (non-hydrogen) atoms. The van der Waals surface area contributed by atoms with Crippen molar-refractivity contribution in [3.8, 4) is 0 Å². The van der Waals surface area contributed by atoms with Gasteiger partial charge in [0.25, 0.3) is 0 Å². The van der Waals surface area contributed by atoms with Gasteiger partial charge in [0.2, 0.25) is 0 Å². The molecular weight excluding hydrogens is 156 g/mol. The molecule has 1 nitrogen and oxygen atoms in total. The van der Waals surface area contributed by atoms with Crippen LogP contribution in [0.25, 0.3) is 0 Å². The highest BCUT2D eigenvalue weighted by Crippen LogP contribution is 2.17. The summed E-state index contributed by atoms with van der Waals surface area (Å²) in [5, 5.41) is 9.40. The lowest BCUT2D eigenvalue weighted by atomic mass is 10.1. The Kier molecular flexibility index (Phi) is 8.64. The Balaban J connectivity index is 3.20. The van der Waals surface area contributed by atoms with Crippen LogP contribution in [-0.2, 0) is 0 Å². The van der Waals surface area contributed by atoms with Gasteiger partial charge in [0.15, 0.2) is 0 Å². The summed E-state index contributed by atoms with van der Waals surface area (Å²) in [5.74, 6) is 0. The molecule has 0 aromatic carbocycles. The highest BCUT2D eigenvalue weighted by atomic mass is 32.2. The van der Waals surface area contributed by atoms with Crippen molar-refractivity contribution >= 4 is 11.8 Å². The average Bonchev–Trinajstić information content (AvgIpc) is 2.03. The topological polar surface area (TPSA) is 20.2 Å². The van der Waals surface area contributed by atoms with Crippen molar-refractivity contribution in [1.82, 2.24) is 0 Å². The van der Waals surface area contributed by atoms with E-state index in [4.69, 9.17) is 5.11 Å². The molecule has 0 amide bonds. The van der Waals surface area contributed by atoms with E-state index in [2.05, 4.69) is 13.2 Å². The number of thioether (sulfide) groups is 1. The second-order valence-electron chi connectivity index (χ2n) is 2.87. The fourth-order valence-corrected chi connectivity index (χ4v) is 1.89. The van der Waals surface area contributed by atoms with Gasteiger partial charge in [-0.25, -0.2) is 0 Å². The quantitative estimate of drug-likeness (QED) is 0.602. The third-order valence-electron chi connectivity index (χ3n) is 1.91. The number of hydrogen-bond donors (Lipinski definition) is 1. The maximum atomic E-state index is 8.71. The monoisotopic (exact) mass is 176 g/mol. The Hall–Kier alpha value is 0.310. The summed E-state index contributed by atoms with van der Waals surface area (Å²) in [7, 11) is 0. The molecule has 0 aliphatic carbocycles. The summed E-state index contributed by atoms with van der Waals surface area (Å²) in [6.07, 6.45) is 8.32. The Bertz CT molecular complexity index is 76.0. The summed E-state index contributed by atoms with van der Waals surface area (Å²) in [4.78, 5) is 0. The summed E-state index contributed by atoms with van der Waals surface area (Å²) in [6.45, 7) is 2.57. The van der Waals surface area contributed by atoms with E-state index in [-0.39, 0.29) is 0 Å². The van der Waals surface area contributed by atoms with Crippen molar-refractivity contribution in [2.75, 3.05) is 12.9 Å².